The van der Waals surface area contributed by atoms with E-state index in [1.54, 1.807) is 0 Å². The minimum Gasteiger partial charge on any atom is -0.336 e. The first kappa shape index (κ1) is 13.4. The summed E-state index contributed by atoms with van der Waals surface area (Å²) in [7, 11) is 0. The van der Waals surface area contributed by atoms with E-state index in [1.165, 1.54) is 32.1 Å². The topological polar surface area (TPSA) is 46.3 Å². The fraction of sp³-hybridized carbons (Fsp3) is 0.938. The molecule has 1 heterocycles. The Kier molecular flexibility index (Phi) is 3.84. The Morgan fingerprint density at radius 2 is 2.05 bits per heavy atom. The highest BCUT2D eigenvalue weighted by Gasteiger charge is 2.41. The zero-order chi connectivity index (χ0) is 13.4. The van der Waals surface area contributed by atoms with Crippen LogP contribution in [0.15, 0.2) is 0 Å². The predicted octanol–water partition coefficient (Wildman–Crippen LogP) is 2.54. The molecule has 2 aliphatic carbocycles. The molecule has 1 saturated heterocycles. The summed E-state index contributed by atoms with van der Waals surface area (Å²) < 4.78 is 0. The van der Waals surface area contributed by atoms with Gasteiger partial charge in [-0.2, -0.15) is 0 Å². The number of carbonyl (C=O) groups excluding carboxylic acids is 1. The van der Waals surface area contributed by atoms with Crippen LogP contribution in [0.1, 0.15) is 58.3 Å². The Balaban J connectivity index is 1.62. The number of hydrogen-bond acceptors (Lipinski definition) is 2. The SMILES string of the molecule is CC1CCCC(CN)N1C(=O)CC1CC2CCC1C2. The van der Waals surface area contributed by atoms with Crippen LogP contribution in [0.5, 0.6) is 0 Å². The maximum Gasteiger partial charge on any atom is 0.223 e. The van der Waals surface area contributed by atoms with Crippen molar-refractivity contribution in [3.8, 4) is 0 Å². The van der Waals surface area contributed by atoms with Crippen molar-refractivity contribution in [2.24, 2.45) is 23.5 Å². The summed E-state index contributed by atoms with van der Waals surface area (Å²) in [6, 6.07) is 0.697. The lowest BCUT2D eigenvalue weighted by atomic mass is 9.85. The summed E-state index contributed by atoms with van der Waals surface area (Å²) in [5, 5.41) is 0. The molecule has 2 bridgehead atoms. The van der Waals surface area contributed by atoms with Gasteiger partial charge >= 0.3 is 0 Å². The second-order valence-electron chi connectivity index (χ2n) is 7.11. The second kappa shape index (κ2) is 5.43. The molecule has 2 saturated carbocycles. The maximum absolute atomic E-state index is 12.7. The van der Waals surface area contributed by atoms with Crippen LogP contribution >= 0.6 is 0 Å². The van der Waals surface area contributed by atoms with E-state index in [-0.39, 0.29) is 0 Å². The first-order chi connectivity index (χ1) is 9.19. The van der Waals surface area contributed by atoms with Crippen LogP contribution in [-0.4, -0.2) is 29.4 Å². The third-order valence-corrected chi connectivity index (χ3v) is 5.91. The van der Waals surface area contributed by atoms with Crippen molar-refractivity contribution in [2.45, 2.75) is 70.4 Å². The molecule has 3 aliphatic rings. The van der Waals surface area contributed by atoms with E-state index in [2.05, 4.69) is 11.8 Å². The molecule has 5 atom stereocenters. The normalized spacial score (nSPS) is 41.8. The van der Waals surface area contributed by atoms with Crippen molar-refractivity contribution < 1.29 is 4.79 Å². The minimum atomic E-state index is 0.301. The molecule has 3 fully saturated rings. The van der Waals surface area contributed by atoms with E-state index in [0.717, 1.165) is 31.1 Å². The molecule has 3 heteroatoms. The van der Waals surface area contributed by atoms with Crippen molar-refractivity contribution in [3.05, 3.63) is 0 Å². The van der Waals surface area contributed by atoms with Crippen LogP contribution < -0.4 is 5.73 Å². The van der Waals surface area contributed by atoms with Crippen LogP contribution in [-0.2, 0) is 4.79 Å². The molecule has 0 radical (unpaired) electrons. The van der Waals surface area contributed by atoms with Crippen molar-refractivity contribution in [2.75, 3.05) is 6.54 Å². The van der Waals surface area contributed by atoms with E-state index in [1.807, 2.05) is 0 Å². The Hall–Kier alpha value is -0.570. The van der Waals surface area contributed by atoms with E-state index in [4.69, 9.17) is 5.73 Å². The number of piperidine rings is 1. The van der Waals surface area contributed by atoms with Gasteiger partial charge in [-0.05, 0) is 63.2 Å². The van der Waals surface area contributed by atoms with E-state index in [9.17, 15) is 4.79 Å². The zero-order valence-corrected chi connectivity index (χ0v) is 12.2. The predicted molar refractivity (Wildman–Crippen MR) is 76.6 cm³/mol. The van der Waals surface area contributed by atoms with Crippen molar-refractivity contribution in [1.29, 1.82) is 0 Å². The van der Waals surface area contributed by atoms with Gasteiger partial charge < -0.3 is 10.6 Å². The Morgan fingerprint density at radius 1 is 1.21 bits per heavy atom. The average Bonchev–Trinajstić information content (AvgIpc) is 3.00. The molecule has 0 spiro atoms. The number of carbonyl (C=O) groups is 1. The Morgan fingerprint density at radius 3 is 2.68 bits per heavy atom. The molecule has 2 N–H and O–H groups in total. The van der Waals surface area contributed by atoms with Crippen molar-refractivity contribution >= 4 is 5.91 Å². The lowest BCUT2D eigenvalue weighted by Crippen LogP contribution is -2.52. The first-order valence-electron chi connectivity index (χ1n) is 8.20. The van der Waals surface area contributed by atoms with E-state index in [0.29, 0.717) is 30.5 Å². The maximum atomic E-state index is 12.7. The summed E-state index contributed by atoms with van der Waals surface area (Å²) in [5.41, 5.74) is 5.87. The summed E-state index contributed by atoms with van der Waals surface area (Å²) in [6.45, 7) is 2.83. The van der Waals surface area contributed by atoms with Gasteiger partial charge in [0.05, 0.1) is 0 Å². The molecular weight excluding hydrogens is 236 g/mol. The number of amides is 1. The molecule has 1 amide bonds. The lowest BCUT2D eigenvalue weighted by molar-refractivity contribution is -0.139. The van der Waals surface area contributed by atoms with Gasteiger partial charge in [-0.25, -0.2) is 0 Å². The van der Waals surface area contributed by atoms with E-state index < -0.39 is 0 Å². The standard InChI is InChI=1S/C16H28N2O/c1-11-3-2-4-15(10-17)18(11)16(19)9-14-8-12-5-6-13(14)7-12/h11-15H,2-10,17H2,1H3. The van der Waals surface area contributed by atoms with Gasteiger partial charge in [0.2, 0.25) is 5.91 Å². The molecule has 3 rings (SSSR count). The molecule has 1 aliphatic heterocycles. The largest absolute Gasteiger partial charge is 0.336 e. The monoisotopic (exact) mass is 264 g/mol. The van der Waals surface area contributed by atoms with Gasteiger partial charge in [0.1, 0.15) is 0 Å². The number of rotatable bonds is 3. The quantitative estimate of drug-likeness (QED) is 0.851. The molecule has 3 nitrogen and oxygen atoms in total. The fourth-order valence-electron chi connectivity index (χ4n) is 4.92. The molecule has 5 unspecified atom stereocenters. The second-order valence-corrected chi connectivity index (χ2v) is 7.11. The average molecular weight is 264 g/mol. The fourth-order valence-corrected chi connectivity index (χ4v) is 4.92. The van der Waals surface area contributed by atoms with Gasteiger partial charge in [0.25, 0.3) is 0 Å². The summed E-state index contributed by atoms with van der Waals surface area (Å²) in [4.78, 5) is 14.8. The number of likely N-dealkylation sites (tertiary alicyclic amines) is 1. The van der Waals surface area contributed by atoms with Crippen molar-refractivity contribution in [1.82, 2.24) is 4.90 Å². The van der Waals surface area contributed by atoms with Crippen LogP contribution in [0.25, 0.3) is 0 Å². The highest BCUT2D eigenvalue weighted by molar-refractivity contribution is 5.77. The summed E-state index contributed by atoms with van der Waals surface area (Å²) in [6.07, 6.45) is 9.77. The number of hydrogen-bond donors (Lipinski definition) is 1. The van der Waals surface area contributed by atoms with Gasteiger partial charge in [-0.1, -0.05) is 6.42 Å². The van der Waals surface area contributed by atoms with Crippen LogP contribution in [0.3, 0.4) is 0 Å². The molecule has 0 aromatic carbocycles. The lowest BCUT2D eigenvalue weighted by Gasteiger charge is -2.41. The molecule has 19 heavy (non-hydrogen) atoms. The number of nitrogens with zero attached hydrogens (tertiary/aromatic N) is 1. The van der Waals surface area contributed by atoms with Crippen LogP contribution in [0, 0.1) is 17.8 Å². The minimum absolute atomic E-state index is 0.301. The third-order valence-electron chi connectivity index (χ3n) is 5.91. The first-order valence-corrected chi connectivity index (χ1v) is 8.20. The van der Waals surface area contributed by atoms with Crippen LogP contribution in [0.4, 0.5) is 0 Å². The van der Waals surface area contributed by atoms with Crippen LogP contribution in [0.2, 0.25) is 0 Å². The number of fused-ring (bicyclic) bond motifs is 2. The molecule has 0 aromatic rings. The highest BCUT2D eigenvalue weighted by atomic mass is 16.2. The smallest absolute Gasteiger partial charge is 0.223 e. The van der Waals surface area contributed by atoms with Gasteiger partial charge in [0, 0.05) is 25.0 Å². The molecule has 108 valence electrons. The highest BCUT2D eigenvalue weighted by Crippen LogP contribution is 2.49. The zero-order valence-electron chi connectivity index (χ0n) is 12.2. The molecular formula is C16H28N2O. The van der Waals surface area contributed by atoms with Gasteiger partial charge in [-0.15, -0.1) is 0 Å². The van der Waals surface area contributed by atoms with Crippen molar-refractivity contribution in [3.63, 3.8) is 0 Å². The molecule has 0 aromatic heterocycles. The third kappa shape index (κ3) is 2.54. The summed E-state index contributed by atoms with van der Waals surface area (Å²) >= 11 is 0. The number of nitrogens with two attached hydrogens (primary N) is 1. The Bertz CT molecular complexity index is 344. The van der Waals surface area contributed by atoms with Gasteiger partial charge in [-0.3, -0.25) is 4.79 Å². The Labute approximate surface area is 116 Å². The summed E-state index contributed by atoms with van der Waals surface area (Å²) in [5.74, 6) is 2.86. The van der Waals surface area contributed by atoms with E-state index >= 15 is 0 Å². The van der Waals surface area contributed by atoms with Gasteiger partial charge in [0.15, 0.2) is 0 Å².